The van der Waals surface area contributed by atoms with Gasteiger partial charge in [0.25, 0.3) is 0 Å². The third-order valence-corrected chi connectivity index (χ3v) is 3.64. The summed E-state index contributed by atoms with van der Waals surface area (Å²) in [6.45, 7) is 0. The van der Waals surface area contributed by atoms with Crippen molar-refractivity contribution < 1.29 is 9.90 Å². The second kappa shape index (κ2) is 3.55. The molecule has 3 nitrogen and oxygen atoms in total. The van der Waals surface area contributed by atoms with Gasteiger partial charge >= 0.3 is 5.97 Å². The van der Waals surface area contributed by atoms with E-state index in [1.807, 2.05) is 18.2 Å². The first-order valence-electron chi connectivity index (χ1n) is 5.77. The van der Waals surface area contributed by atoms with Crippen LogP contribution in [0.3, 0.4) is 0 Å². The summed E-state index contributed by atoms with van der Waals surface area (Å²) in [4.78, 5) is 15.2. The summed E-state index contributed by atoms with van der Waals surface area (Å²) in [6, 6.07) is 10.3. The minimum atomic E-state index is -0.854. The highest BCUT2D eigenvalue weighted by Gasteiger charge is 2.49. The van der Waals surface area contributed by atoms with Gasteiger partial charge in [0.05, 0.1) is 5.57 Å². The Balaban J connectivity index is 1.86. The molecule has 0 atom stereocenters. The Kier molecular flexibility index (Phi) is 2.15. The van der Waals surface area contributed by atoms with E-state index in [9.17, 15) is 4.79 Å². The summed E-state index contributed by atoms with van der Waals surface area (Å²) in [5.74, 6) is -0.854. The lowest BCUT2D eigenvalue weighted by Crippen LogP contribution is -2.20. The van der Waals surface area contributed by atoms with Crippen LogP contribution in [0.2, 0.25) is 0 Å². The van der Waals surface area contributed by atoms with Crippen LogP contribution < -0.4 is 0 Å². The summed E-state index contributed by atoms with van der Waals surface area (Å²) < 4.78 is 0. The van der Waals surface area contributed by atoms with Crippen molar-refractivity contribution in [3.05, 3.63) is 47.7 Å². The van der Waals surface area contributed by atoms with Gasteiger partial charge in [-0.25, -0.2) is 4.79 Å². The van der Waals surface area contributed by atoms with Gasteiger partial charge in [0, 0.05) is 23.7 Å². The Labute approximate surface area is 99.5 Å². The molecule has 1 N–H and O–H groups in total. The van der Waals surface area contributed by atoms with E-state index in [-0.39, 0.29) is 5.41 Å². The zero-order chi connectivity index (χ0) is 11.9. The SMILES string of the molecule is O=C(O)C1=CN=C(C2(c3ccccc3)CC2)C1. The first-order valence-corrected chi connectivity index (χ1v) is 5.77. The van der Waals surface area contributed by atoms with Gasteiger partial charge in [0.1, 0.15) is 0 Å². The number of rotatable bonds is 3. The molecule has 0 aromatic heterocycles. The number of benzene rings is 1. The van der Waals surface area contributed by atoms with E-state index in [2.05, 4.69) is 17.1 Å². The number of carboxylic acids is 1. The van der Waals surface area contributed by atoms with E-state index >= 15 is 0 Å². The van der Waals surface area contributed by atoms with Crippen molar-refractivity contribution in [2.45, 2.75) is 24.7 Å². The molecule has 0 amide bonds. The van der Waals surface area contributed by atoms with Crippen molar-refractivity contribution in [2.75, 3.05) is 0 Å². The van der Waals surface area contributed by atoms with Crippen molar-refractivity contribution in [1.29, 1.82) is 0 Å². The third kappa shape index (κ3) is 1.58. The third-order valence-electron chi connectivity index (χ3n) is 3.64. The van der Waals surface area contributed by atoms with Crippen molar-refractivity contribution in [2.24, 2.45) is 4.99 Å². The highest BCUT2D eigenvalue weighted by atomic mass is 16.4. The largest absolute Gasteiger partial charge is 0.478 e. The maximum absolute atomic E-state index is 10.9. The number of nitrogens with zero attached hydrogens (tertiary/aromatic N) is 1. The van der Waals surface area contributed by atoms with Crippen LogP contribution >= 0.6 is 0 Å². The molecule has 0 bridgehead atoms. The Morgan fingerprint density at radius 2 is 1.94 bits per heavy atom. The molecule has 0 unspecified atom stereocenters. The van der Waals surface area contributed by atoms with Gasteiger partial charge in [0.2, 0.25) is 0 Å². The summed E-state index contributed by atoms with van der Waals surface area (Å²) in [6.07, 6.45) is 4.15. The molecule has 0 saturated heterocycles. The number of aliphatic imine (C=N–C) groups is 1. The van der Waals surface area contributed by atoms with Crippen molar-refractivity contribution in [3.63, 3.8) is 0 Å². The minimum Gasteiger partial charge on any atom is -0.478 e. The van der Waals surface area contributed by atoms with E-state index in [0.717, 1.165) is 18.6 Å². The van der Waals surface area contributed by atoms with Crippen LogP contribution in [0.5, 0.6) is 0 Å². The standard InChI is InChI=1S/C14H13NO2/c16-13(17)10-8-12(15-9-10)14(6-7-14)11-4-2-1-3-5-11/h1-5,9H,6-8H2,(H,16,17). The molecule has 86 valence electrons. The van der Waals surface area contributed by atoms with E-state index < -0.39 is 5.97 Å². The molecule has 3 heteroatoms. The van der Waals surface area contributed by atoms with Crippen molar-refractivity contribution in [1.82, 2.24) is 0 Å². The van der Waals surface area contributed by atoms with Crippen LogP contribution in [-0.4, -0.2) is 16.8 Å². The second-order valence-electron chi connectivity index (χ2n) is 4.66. The molecule has 1 aliphatic heterocycles. The van der Waals surface area contributed by atoms with E-state index in [4.69, 9.17) is 5.11 Å². The summed E-state index contributed by atoms with van der Waals surface area (Å²) in [5, 5.41) is 8.95. The lowest BCUT2D eigenvalue weighted by atomic mass is 9.88. The topological polar surface area (TPSA) is 49.7 Å². The molecule has 3 rings (SSSR count). The smallest absolute Gasteiger partial charge is 0.333 e. The Hall–Kier alpha value is -1.90. The number of carbonyl (C=O) groups is 1. The predicted octanol–water partition coefficient (Wildman–Crippen LogP) is 2.53. The van der Waals surface area contributed by atoms with Crippen LogP contribution in [0.15, 0.2) is 47.1 Å². The highest BCUT2D eigenvalue weighted by molar-refractivity contribution is 6.06. The molecular weight excluding hydrogens is 214 g/mol. The lowest BCUT2D eigenvalue weighted by Gasteiger charge is -2.15. The predicted molar refractivity (Wildman–Crippen MR) is 65.1 cm³/mol. The van der Waals surface area contributed by atoms with Crippen LogP contribution in [-0.2, 0) is 10.2 Å². The van der Waals surface area contributed by atoms with E-state index in [1.165, 1.54) is 11.8 Å². The first kappa shape index (κ1) is 10.3. The lowest BCUT2D eigenvalue weighted by molar-refractivity contribution is -0.132. The number of hydrogen-bond donors (Lipinski definition) is 1. The first-order chi connectivity index (χ1) is 8.22. The maximum atomic E-state index is 10.9. The van der Waals surface area contributed by atoms with Gasteiger partial charge in [-0.15, -0.1) is 0 Å². The summed E-state index contributed by atoms with van der Waals surface area (Å²) in [5.41, 5.74) is 2.71. The molecule has 1 aromatic rings. The van der Waals surface area contributed by atoms with Gasteiger partial charge < -0.3 is 5.11 Å². The molecule has 1 fully saturated rings. The van der Waals surface area contributed by atoms with Crippen LogP contribution in [0.4, 0.5) is 0 Å². The molecule has 1 heterocycles. The molecule has 0 radical (unpaired) electrons. The Morgan fingerprint density at radius 3 is 2.47 bits per heavy atom. The normalized spacial score (nSPS) is 20.7. The molecule has 1 aliphatic carbocycles. The molecule has 1 saturated carbocycles. The molecular formula is C14H13NO2. The molecule has 2 aliphatic rings. The van der Waals surface area contributed by atoms with E-state index in [0.29, 0.717) is 12.0 Å². The fourth-order valence-corrected chi connectivity index (χ4v) is 2.48. The molecule has 0 spiro atoms. The monoisotopic (exact) mass is 227 g/mol. The number of aliphatic carboxylic acids is 1. The van der Waals surface area contributed by atoms with Gasteiger partial charge in [-0.1, -0.05) is 30.3 Å². The van der Waals surface area contributed by atoms with Crippen molar-refractivity contribution in [3.8, 4) is 0 Å². The zero-order valence-electron chi connectivity index (χ0n) is 9.39. The number of hydrogen-bond acceptors (Lipinski definition) is 2. The molecule has 1 aromatic carbocycles. The van der Waals surface area contributed by atoms with Gasteiger partial charge in [0.15, 0.2) is 0 Å². The highest BCUT2D eigenvalue weighted by Crippen LogP contribution is 2.51. The quantitative estimate of drug-likeness (QED) is 0.862. The van der Waals surface area contributed by atoms with Crippen LogP contribution in [0.1, 0.15) is 24.8 Å². The molecule has 17 heavy (non-hydrogen) atoms. The zero-order valence-corrected chi connectivity index (χ0v) is 9.39. The van der Waals surface area contributed by atoms with Gasteiger partial charge in [-0.2, -0.15) is 0 Å². The Morgan fingerprint density at radius 1 is 1.24 bits per heavy atom. The summed E-state index contributed by atoms with van der Waals surface area (Å²) in [7, 11) is 0. The average Bonchev–Trinajstić information content (AvgIpc) is 3.00. The van der Waals surface area contributed by atoms with Gasteiger partial charge in [-0.3, -0.25) is 4.99 Å². The average molecular weight is 227 g/mol. The van der Waals surface area contributed by atoms with E-state index in [1.54, 1.807) is 0 Å². The maximum Gasteiger partial charge on any atom is 0.333 e. The minimum absolute atomic E-state index is 0.0228. The van der Waals surface area contributed by atoms with Gasteiger partial charge in [-0.05, 0) is 18.4 Å². The van der Waals surface area contributed by atoms with Crippen LogP contribution in [0, 0.1) is 0 Å². The van der Waals surface area contributed by atoms with Crippen LogP contribution in [0.25, 0.3) is 0 Å². The summed E-state index contributed by atoms with van der Waals surface area (Å²) >= 11 is 0. The second-order valence-corrected chi connectivity index (χ2v) is 4.66. The van der Waals surface area contributed by atoms with Crippen molar-refractivity contribution >= 4 is 11.7 Å². The fraction of sp³-hybridized carbons (Fsp3) is 0.286. The fourth-order valence-electron chi connectivity index (χ4n) is 2.48. The Bertz CT molecular complexity index is 524. The number of carboxylic acid groups (broad SMARTS) is 1.